The molecule has 0 atom stereocenters. The Balaban J connectivity index is 3.51. The molecule has 0 bridgehead atoms. The van der Waals surface area contributed by atoms with Gasteiger partial charge in [-0.25, -0.2) is 4.79 Å². The molecule has 0 aromatic rings. The van der Waals surface area contributed by atoms with E-state index in [1.807, 2.05) is 0 Å². The third-order valence-corrected chi connectivity index (χ3v) is 1.35. The van der Waals surface area contributed by atoms with Crippen molar-refractivity contribution in [2.45, 2.75) is 13.3 Å². The van der Waals surface area contributed by atoms with Crippen LogP contribution in [0.1, 0.15) is 13.3 Å². The Morgan fingerprint density at radius 2 is 2.38 bits per heavy atom. The Labute approximate surface area is 79.2 Å². The summed E-state index contributed by atoms with van der Waals surface area (Å²) in [6.45, 7) is 6.84. The fourth-order valence-corrected chi connectivity index (χ4v) is 0.705. The number of terminal acetylenes is 1. The molecule has 1 N–H and O–H groups in total. The van der Waals surface area contributed by atoms with Crippen molar-refractivity contribution >= 4 is 5.97 Å². The van der Waals surface area contributed by atoms with Gasteiger partial charge in [0, 0.05) is 25.1 Å². The summed E-state index contributed by atoms with van der Waals surface area (Å²) in [5.74, 6) is 2.14. The van der Waals surface area contributed by atoms with E-state index in [1.54, 1.807) is 6.92 Å². The van der Waals surface area contributed by atoms with E-state index >= 15 is 0 Å². The molecular formula is C10H15NO2. The molecule has 0 spiro atoms. The standard InChI is InChI=1S/C10H15NO2/c1-4-6-7-11-8-9(3)10(12)13-5-2/h1,11H,3,5-8H2,2H3. The largest absolute Gasteiger partial charge is 0.463 e. The Morgan fingerprint density at radius 3 is 2.92 bits per heavy atom. The first-order valence-electron chi connectivity index (χ1n) is 4.21. The topological polar surface area (TPSA) is 38.3 Å². The molecule has 0 aromatic carbocycles. The van der Waals surface area contributed by atoms with E-state index in [2.05, 4.69) is 17.8 Å². The smallest absolute Gasteiger partial charge is 0.334 e. The van der Waals surface area contributed by atoms with E-state index in [0.29, 0.717) is 31.7 Å². The number of nitrogens with one attached hydrogen (secondary N) is 1. The van der Waals surface area contributed by atoms with Gasteiger partial charge < -0.3 is 10.1 Å². The molecule has 0 aliphatic rings. The van der Waals surface area contributed by atoms with E-state index < -0.39 is 0 Å². The quantitative estimate of drug-likeness (QED) is 0.284. The minimum Gasteiger partial charge on any atom is -0.463 e. The Morgan fingerprint density at radius 1 is 1.69 bits per heavy atom. The third-order valence-electron chi connectivity index (χ3n) is 1.35. The van der Waals surface area contributed by atoms with Gasteiger partial charge in [-0.2, -0.15) is 0 Å². The molecule has 13 heavy (non-hydrogen) atoms. The highest BCUT2D eigenvalue weighted by molar-refractivity contribution is 5.88. The van der Waals surface area contributed by atoms with Gasteiger partial charge in [-0.05, 0) is 6.92 Å². The highest BCUT2D eigenvalue weighted by atomic mass is 16.5. The average molecular weight is 181 g/mol. The number of ether oxygens (including phenoxy) is 1. The van der Waals surface area contributed by atoms with E-state index in [9.17, 15) is 4.79 Å². The monoisotopic (exact) mass is 181 g/mol. The fourth-order valence-electron chi connectivity index (χ4n) is 0.705. The lowest BCUT2D eigenvalue weighted by Crippen LogP contribution is -2.22. The summed E-state index contributed by atoms with van der Waals surface area (Å²) in [6.07, 6.45) is 5.70. The van der Waals surface area contributed by atoms with E-state index in [-0.39, 0.29) is 5.97 Å². The van der Waals surface area contributed by atoms with Crippen LogP contribution in [0.3, 0.4) is 0 Å². The lowest BCUT2D eigenvalue weighted by atomic mass is 10.3. The number of esters is 1. The predicted octanol–water partition coefficient (Wildman–Crippen LogP) is 0.719. The summed E-state index contributed by atoms with van der Waals surface area (Å²) >= 11 is 0. The SMILES string of the molecule is C#CCCNCC(=C)C(=O)OCC. The maximum absolute atomic E-state index is 11.0. The summed E-state index contributed by atoms with van der Waals surface area (Å²) in [6, 6.07) is 0. The highest BCUT2D eigenvalue weighted by Gasteiger charge is 2.05. The van der Waals surface area contributed by atoms with Gasteiger partial charge in [0.25, 0.3) is 0 Å². The van der Waals surface area contributed by atoms with Crippen molar-refractivity contribution in [1.82, 2.24) is 5.32 Å². The van der Waals surface area contributed by atoms with Crippen LogP contribution < -0.4 is 5.32 Å². The molecule has 0 rings (SSSR count). The molecule has 0 aromatic heterocycles. The first kappa shape index (κ1) is 11.7. The second-order valence-electron chi connectivity index (χ2n) is 2.45. The van der Waals surface area contributed by atoms with Crippen LogP contribution in [-0.4, -0.2) is 25.7 Å². The maximum Gasteiger partial charge on any atom is 0.334 e. The van der Waals surface area contributed by atoms with Crippen molar-refractivity contribution in [3.63, 3.8) is 0 Å². The molecule has 3 heteroatoms. The van der Waals surface area contributed by atoms with Crippen molar-refractivity contribution < 1.29 is 9.53 Å². The van der Waals surface area contributed by atoms with Gasteiger partial charge >= 0.3 is 5.97 Å². The van der Waals surface area contributed by atoms with Crippen molar-refractivity contribution in [1.29, 1.82) is 0 Å². The van der Waals surface area contributed by atoms with Crippen LogP contribution in [0.25, 0.3) is 0 Å². The Bertz CT molecular complexity index is 215. The molecule has 0 radical (unpaired) electrons. The highest BCUT2D eigenvalue weighted by Crippen LogP contribution is 1.92. The van der Waals surface area contributed by atoms with Crippen LogP contribution in [0, 0.1) is 12.3 Å². The summed E-state index contributed by atoms with van der Waals surface area (Å²) in [5, 5.41) is 2.98. The first-order chi connectivity index (χ1) is 6.22. The lowest BCUT2D eigenvalue weighted by Gasteiger charge is -2.05. The van der Waals surface area contributed by atoms with Gasteiger partial charge in [-0.15, -0.1) is 12.3 Å². The molecule has 0 unspecified atom stereocenters. The van der Waals surface area contributed by atoms with Crippen molar-refractivity contribution in [2.75, 3.05) is 19.7 Å². The van der Waals surface area contributed by atoms with Gasteiger partial charge in [0.05, 0.1) is 6.61 Å². The number of carbonyl (C=O) groups is 1. The molecule has 0 heterocycles. The van der Waals surface area contributed by atoms with Crippen molar-refractivity contribution in [3.05, 3.63) is 12.2 Å². The molecule has 0 aliphatic heterocycles. The minimum absolute atomic E-state index is 0.351. The van der Waals surface area contributed by atoms with Crippen LogP contribution in [0.15, 0.2) is 12.2 Å². The normalized spacial score (nSPS) is 8.92. The molecule has 3 nitrogen and oxygen atoms in total. The lowest BCUT2D eigenvalue weighted by molar-refractivity contribution is -0.138. The number of rotatable bonds is 6. The Hall–Kier alpha value is -1.27. The molecule has 0 aliphatic carbocycles. The van der Waals surface area contributed by atoms with Crippen LogP contribution in [0.2, 0.25) is 0 Å². The third kappa shape index (κ3) is 5.94. The van der Waals surface area contributed by atoms with Crippen LogP contribution >= 0.6 is 0 Å². The van der Waals surface area contributed by atoms with E-state index in [1.165, 1.54) is 0 Å². The summed E-state index contributed by atoms with van der Waals surface area (Å²) < 4.78 is 4.74. The molecule has 72 valence electrons. The average Bonchev–Trinajstić information content (AvgIpc) is 2.12. The van der Waals surface area contributed by atoms with Crippen LogP contribution in [-0.2, 0) is 9.53 Å². The molecule has 0 saturated carbocycles. The van der Waals surface area contributed by atoms with Gasteiger partial charge in [0.15, 0.2) is 0 Å². The first-order valence-corrected chi connectivity index (χ1v) is 4.21. The minimum atomic E-state index is -0.351. The second-order valence-corrected chi connectivity index (χ2v) is 2.45. The fraction of sp³-hybridized carbons (Fsp3) is 0.500. The van der Waals surface area contributed by atoms with Crippen molar-refractivity contribution in [2.24, 2.45) is 0 Å². The van der Waals surface area contributed by atoms with Crippen LogP contribution in [0.5, 0.6) is 0 Å². The number of hydrogen-bond acceptors (Lipinski definition) is 3. The molecule has 0 fully saturated rings. The van der Waals surface area contributed by atoms with Crippen LogP contribution in [0.4, 0.5) is 0 Å². The van der Waals surface area contributed by atoms with Gasteiger partial charge in [-0.1, -0.05) is 6.58 Å². The van der Waals surface area contributed by atoms with Gasteiger partial charge in [0.2, 0.25) is 0 Å². The summed E-state index contributed by atoms with van der Waals surface area (Å²) in [5.41, 5.74) is 0.430. The number of hydrogen-bond donors (Lipinski definition) is 1. The van der Waals surface area contributed by atoms with Crippen molar-refractivity contribution in [3.8, 4) is 12.3 Å². The Kier molecular flexibility index (Phi) is 6.66. The zero-order valence-corrected chi connectivity index (χ0v) is 7.93. The zero-order valence-electron chi connectivity index (χ0n) is 7.93. The molecule has 0 amide bonds. The zero-order chi connectivity index (χ0) is 10.1. The second kappa shape index (κ2) is 7.38. The van der Waals surface area contributed by atoms with E-state index in [0.717, 1.165) is 0 Å². The van der Waals surface area contributed by atoms with E-state index in [4.69, 9.17) is 11.2 Å². The van der Waals surface area contributed by atoms with Gasteiger partial charge in [0.1, 0.15) is 0 Å². The number of carbonyl (C=O) groups excluding carboxylic acids is 1. The summed E-state index contributed by atoms with van der Waals surface area (Å²) in [7, 11) is 0. The maximum atomic E-state index is 11.0. The van der Waals surface area contributed by atoms with Gasteiger partial charge in [-0.3, -0.25) is 0 Å². The summed E-state index contributed by atoms with van der Waals surface area (Å²) in [4.78, 5) is 11.0. The molecular weight excluding hydrogens is 166 g/mol. The predicted molar refractivity (Wildman–Crippen MR) is 52.1 cm³/mol. The molecule has 0 saturated heterocycles.